The van der Waals surface area contributed by atoms with Crippen molar-refractivity contribution in [2.24, 2.45) is 10.4 Å². The topological polar surface area (TPSA) is 32.6 Å². The normalized spacial score (nSPS) is 15.8. The molecule has 2 heteroatoms. The summed E-state index contributed by atoms with van der Waals surface area (Å²) in [6.07, 6.45) is 1.99. The van der Waals surface area contributed by atoms with E-state index in [-0.39, 0.29) is 5.41 Å². The number of benzene rings is 1. The van der Waals surface area contributed by atoms with E-state index in [2.05, 4.69) is 25.8 Å². The van der Waals surface area contributed by atoms with Crippen LogP contribution in [0.1, 0.15) is 32.8 Å². The first-order valence-electron chi connectivity index (χ1n) is 5.37. The maximum atomic E-state index is 9.37. The summed E-state index contributed by atoms with van der Waals surface area (Å²) < 4.78 is 0. The smallest absolute Gasteiger partial charge is 0.116 e. The number of hydrogen-bond donors (Lipinski definition) is 1. The number of aromatic hydroxyl groups is 1. The average Bonchev–Trinajstić information content (AvgIpc) is 2.15. The van der Waals surface area contributed by atoms with E-state index in [1.165, 1.54) is 5.71 Å². The summed E-state index contributed by atoms with van der Waals surface area (Å²) in [6, 6.07) is 5.42. The van der Waals surface area contributed by atoms with Gasteiger partial charge in [-0.25, -0.2) is 0 Å². The number of hydrogen-bond acceptors (Lipinski definition) is 2. The van der Waals surface area contributed by atoms with Gasteiger partial charge in [-0.1, -0.05) is 20.8 Å². The fourth-order valence-electron chi connectivity index (χ4n) is 1.88. The van der Waals surface area contributed by atoms with Gasteiger partial charge >= 0.3 is 0 Å². The molecule has 2 nitrogen and oxygen atoms in total. The Labute approximate surface area is 90.7 Å². The molecule has 0 saturated heterocycles. The van der Waals surface area contributed by atoms with E-state index in [1.54, 1.807) is 6.07 Å². The molecule has 1 N–H and O–H groups in total. The van der Waals surface area contributed by atoms with Gasteiger partial charge in [-0.05, 0) is 36.6 Å². The summed E-state index contributed by atoms with van der Waals surface area (Å²) in [4.78, 5) is 4.66. The summed E-state index contributed by atoms with van der Waals surface area (Å²) in [7, 11) is 0. The van der Waals surface area contributed by atoms with Crippen LogP contribution in [0, 0.1) is 5.41 Å². The summed E-state index contributed by atoms with van der Waals surface area (Å²) in [6.45, 7) is 6.58. The lowest BCUT2D eigenvalue weighted by Crippen LogP contribution is -2.22. The minimum atomic E-state index is 0.148. The maximum absolute atomic E-state index is 9.37. The molecule has 0 saturated carbocycles. The van der Waals surface area contributed by atoms with E-state index in [1.807, 2.05) is 12.1 Å². The average molecular weight is 203 g/mol. The fraction of sp³-hybridized carbons (Fsp3) is 0.462. The molecule has 80 valence electrons. The van der Waals surface area contributed by atoms with Gasteiger partial charge in [0.1, 0.15) is 5.75 Å². The first-order chi connectivity index (χ1) is 6.97. The molecule has 15 heavy (non-hydrogen) atoms. The lowest BCUT2D eigenvalue weighted by molar-refractivity contribution is 0.474. The molecule has 1 aliphatic heterocycles. The van der Waals surface area contributed by atoms with Crippen LogP contribution in [0.3, 0.4) is 0 Å². The van der Waals surface area contributed by atoms with Crippen molar-refractivity contribution in [3.8, 4) is 5.75 Å². The monoisotopic (exact) mass is 203 g/mol. The van der Waals surface area contributed by atoms with Gasteiger partial charge in [0.2, 0.25) is 0 Å². The highest BCUT2D eigenvalue weighted by Crippen LogP contribution is 2.33. The molecule has 0 radical (unpaired) electrons. The molecule has 0 amide bonds. The Balaban J connectivity index is 2.42. The van der Waals surface area contributed by atoms with Gasteiger partial charge < -0.3 is 5.11 Å². The molecule has 1 aliphatic rings. The second kappa shape index (κ2) is 3.37. The summed E-state index contributed by atoms with van der Waals surface area (Å²) in [5.74, 6) is 0.336. The van der Waals surface area contributed by atoms with Crippen LogP contribution in [0.5, 0.6) is 5.75 Å². The lowest BCUT2D eigenvalue weighted by atomic mass is 9.84. The largest absolute Gasteiger partial charge is 0.508 e. The van der Waals surface area contributed by atoms with Gasteiger partial charge in [0.15, 0.2) is 0 Å². The minimum Gasteiger partial charge on any atom is -0.508 e. The van der Waals surface area contributed by atoms with Gasteiger partial charge in [0, 0.05) is 11.1 Å². The summed E-state index contributed by atoms with van der Waals surface area (Å²) in [5, 5.41) is 9.37. The van der Waals surface area contributed by atoms with E-state index in [4.69, 9.17) is 0 Å². The number of fused-ring (bicyclic) bond motifs is 1. The molecule has 0 aromatic heterocycles. The Hall–Kier alpha value is -1.31. The predicted octanol–water partition coefficient (Wildman–Crippen LogP) is 3.46. The van der Waals surface area contributed by atoms with Crippen molar-refractivity contribution in [3.05, 3.63) is 23.8 Å². The summed E-state index contributed by atoms with van der Waals surface area (Å²) in [5.41, 5.74) is 3.57. The van der Waals surface area contributed by atoms with Crippen molar-refractivity contribution in [3.63, 3.8) is 0 Å². The van der Waals surface area contributed by atoms with Crippen LogP contribution in [0.4, 0.5) is 5.69 Å². The summed E-state index contributed by atoms with van der Waals surface area (Å²) >= 11 is 0. The van der Waals surface area contributed by atoms with E-state index in [0.717, 1.165) is 24.1 Å². The van der Waals surface area contributed by atoms with Gasteiger partial charge in [-0.15, -0.1) is 0 Å². The highest BCUT2D eigenvalue weighted by molar-refractivity contribution is 5.93. The molecule has 1 heterocycles. The Morgan fingerprint density at radius 1 is 1.20 bits per heavy atom. The molecule has 0 atom stereocenters. The zero-order chi connectivity index (χ0) is 11.1. The second-order valence-corrected chi connectivity index (χ2v) is 5.12. The second-order valence-electron chi connectivity index (χ2n) is 5.12. The molecule has 0 spiro atoms. The van der Waals surface area contributed by atoms with Crippen LogP contribution < -0.4 is 0 Å². The van der Waals surface area contributed by atoms with Crippen molar-refractivity contribution >= 4 is 11.4 Å². The molecule has 1 aromatic carbocycles. The first kappa shape index (κ1) is 10.2. The van der Waals surface area contributed by atoms with E-state index in [9.17, 15) is 5.11 Å². The van der Waals surface area contributed by atoms with Crippen LogP contribution >= 0.6 is 0 Å². The van der Waals surface area contributed by atoms with Crippen LogP contribution in [0.15, 0.2) is 23.2 Å². The van der Waals surface area contributed by atoms with Gasteiger partial charge in [0.05, 0.1) is 5.69 Å². The van der Waals surface area contributed by atoms with E-state index < -0.39 is 0 Å². The van der Waals surface area contributed by atoms with Crippen molar-refractivity contribution in [2.75, 3.05) is 0 Å². The zero-order valence-corrected chi connectivity index (χ0v) is 9.54. The van der Waals surface area contributed by atoms with Gasteiger partial charge in [-0.2, -0.15) is 0 Å². The predicted molar refractivity (Wildman–Crippen MR) is 63.0 cm³/mol. The molecule has 1 aromatic rings. The SMILES string of the molecule is CC(C)(C)C1=Nc2ccc(O)cc2CC1. The third-order valence-electron chi connectivity index (χ3n) is 2.82. The Morgan fingerprint density at radius 2 is 1.93 bits per heavy atom. The van der Waals surface area contributed by atoms with Crippen molar-refractivity contribution in [1.29, 1.82) is 0 Å². The highest BCUT2D eigenvalue weighted by Gasteiger charge is 2.22. The quantitative estimate of drug-likeness (QED) is 0.688. The van der Waals surface area contributed by atoms with E-state index in [0.29, 0.717) is 5.75 Å². The molecular formula is C13H17NO. The zero-order valence-electron chi connectivity index (χ0n) is 9.54. The van der Waals surface area contributed by atoms with Crippen LogP contribution in [0.2, 0.25) is 0 Å². The fourth-order valence-corrected chi connectivity index (χ4v) is 1.88. The first-order valence-corrected chi connectivity index (χ1v) is 5.37. The number of nitrogens with zero attached hydrogens (tertiary/aromatic N) is 1. The van der Waals surface area contributed by atoms with Crippen LogP contribution in [-0.4, -0.2) is 10.8 Å². The number of aliphatic imine (C=N–C) groups is 1. The number of phenolic OH excluding ortho intramolecular Hbond substituents is 1. The Kier molecular flexibility index (Phi) is 2.29. The van der Waals surface area contributed by atoms with Crippen molar-refractivity contribution in [2.45, 2.75) is 33.6 Å². The third-order valence-corrected chi connectivity index (χ3v) is 2.82. The van der Waals surface area contributed by atoms with Crippen LogP contribution in [-0.2, 0) is 6.42 Å². The molecule has 0 unspecified atom stereocenters. The van der Waals surface area contributed by atoms with E-state index >= 15 is 0 Å². The molecule has 2 rings (SSSR count). The number of phenols is 1. The van der Waals surface area contributed by atoms with Gasteiger partial charge in [0.25, 0.3) is 0 Å². The van der Waals surface area contributed by atoms with Crippen molar-refractivity contribution < 1.29 is 5.11 Å². The minimum absolute atomic E-state index is 0.148. The maximum Gasteiger partial charge on any atom is 0.116 e. The van der Waals surface area contributed by atoms with Crippen molar-refractivity contribution in [1.82, 2.24) is 0 Å². The number of aryl methyl sites for hydroxylation is 1. The lowest BCUT2D eigenvalue weighted by Gasteiger charge is -2.25. The number of rotatable bonds is 0. The molecule has 0 fully saturated rings. The molecule has 0 bridgehead atoms. The molecular weight excluding hydrogens is 186 g/mol. The molecule has 0 aliphatic carbocycles. The highest BCUT2D eigenvalue weighted by atomic mass is 16.3. The third kappa shape index (κ3) is 2.04. The standard InChI is InChI=1S/C13H17NO/c1-13(2,3)12-7-4-9-8-10(15)5-6-11(9)14-12/h5-6,8,15H,4,7H2,1-3H3. The van der Waals surface area contributed by atoms with Crippen LogP contribution in [0.25, 0.3) is 0 Å². The van der Waals surface area contributed by atoms with Gasteiger partial charge in [-0.3, -0.25) is 4.99 Å². The Morgan fingerprint density at radius 3 is 2.60 bits per heavy atom. The Bertz CT molecular complexity index is 413.